The van der Waals surface area contributed by atoms with E-state index in [1.807, 2.05) is 30.0 Å². The van der Waals surface area contributed by atoms with Crippen LogP contribution in [0.5, 0.6) is 5.75 Å². The van der Waals surface area contributed by atoms with Crippen molar-refractivity contribution < 1.29 is 9.53 Å². The maximum atomic E-state index is 12.4. The van der Waals surface area contributed by atoms with Crippen molar-refractivity contribution in [2.24, 2.45) is 5.73 Å². The number of nitrogens with two attached hydrogens (primary N) is 1. The van der Waals surface area contributed by atoms with Crippen molar-refractivity contribution >= 4 is 11.6 Å². The van der Waals surface area contributed by atoms with Crippen molar-refractivity contribution in [2.75, 3.05) is 31.1 Å². The SMILES string of the molecule is CC1CN(CC(=O)N2CCCC2)c2ccc(CN)cc2O1. The van der Waals surface area contributed by atoms with E-state index in [1.165, 1.54) is 0 Å². The Hall–Kier alpha value is -1.75. The summed E-state index contributed by atoms with van der Waals surface area (Å²) in [5, 5.41) is 0. The first kappa shape index (κ1) is 14.2. The van der Waals surface area contributed by atoms with Gasteiger partial charge >= 0.3 is 0 Å². The van der Waals surface area contributed by atoms with Crippen molar-refractivity contribution in [2.45, 2.75) is 32.4 Å². The lowest BCUT2D eigenvalue weighted by atomic mass is 10.1. The van der Waals surface area contributed by atoms with Crippen molar-refractivity contribution in [3.05, 3.63) is 23.8 Å². The van der Waals surface area contributed by atoms with Crippen LogP contribution < -0.4 is 15.4 Å². The van der Waals surface area contributed by atoms with E-state index in [0.29, 0.717) is 13.1 Å². The summed E-state index contributed by atoms with van der Waals surface area (Å²) in [6, 6.07) is 6.00. The molecule has 1 atom stereocenters. The third kappa shape index (κ3) is 2.97. The summed E-state index contributed by atoms with van der Waals surface area (Å²) in [4.78, 5) is 16.5. The summed E-state index contributed by atoms with van der Waals surface area (Å²) < 4.78 is 5.89. The van der Waals surface area contributed by atoms with Crippen LogP contribution in [0.4, 0.5) is 5.69 Å². The molecular formula is C16H23N3O2. The first-order valence-corrected chi connectivity index (χ1v) is 7.70. The molecule has 0 saturated carbocycles. The van der Waals surface area contributed by atoms with Gasteiger partial charge in [-0.25, -0.2) is 0 Å². The van der Waals surface area contributed by atoms with Gasteiger partial charge in [0, 0.05) is 19.6 Å². The molecule has 5 heteroatoms. The topological polar surface area (TPSA) is 58.8 Å². The van der Waals surface area contributed by atoms with Crippen LogP contribution in [-0.4, -0.2) is 43.1 Å². The van der Waals surface area contributed by atoms with E-state index in [9.17, 15) is 4.79 Å². The Morgan fingerprint density at radius 1 is 1.38 bits per heavy atom. The zero-order chi connectivity index (χ0) is 14.8. The molecule has 2 aliphatic heterocycles. The Labute approximate surface area is 125 Å². The number of anilines is 1. The van der Waals surface area contributed by atoms with Crippen LogP contribution in [0.15, 0.2) is 18.2 Å². The summed E-state index contributed by atoms with van der Waals surface area (Å²) in [5.74, 6) is 1.06. The van der Waals surface area contributed by atoms with Gasteiger partial charge in [0.1, 0.15) is 11.9 Å². The van der Waals surface area contributed by atoms with Gasteiger partial charge in [-0.1, -0.05) is 6.07 Å². The lowest BCUT2D eigenvalue weighted by Crippen LogP contribution is -2.45. The van der Waals surface area contributed by atoms with Gasteiger partial charge in [-0.05, 0) is 37.5 Å². The highest BCUT2D eigenvalue weighted by Crippen LogP contribution is 2.34. The van der Waals surface area contributed by atoms with Gasteiger partial charge in [-0.2, -0.15) is 0 Å². The van der Waals surface area contributed by atoms with Gasteiger partial charge < -0.3 is 20.3 Å². The smallest absolute Gasteiger partial charge is 0.242 e. The van der Waals surface area contributed by atoms with E-state index in [0.717, 1.165) is 49.5 Å². The predicted octanol–water partition coefficient (Wildman–Crippen LogP) is 1.35. The van der Waals surface area contributed by atoms with Gasteiger partial charge in [0.2, 0.25) is 5.91 Å². The second-order valence-electron chi connectivity index (χ2n) is 5.90. The molecule has 2 N–H and O–H groups in total. The first-order chi connectivity index (χ1) is 10.2. The van der Waals surface area contributed by atoms with E-state index in [1.54, 1.807) is 0 Å². The average Bonchev–Trinajstić information content (AvgIpc) is 3.00. The standard InChI is InChI=1S/C16H23N3O2/c1-12-10-19(11-16(20)18-6-2-3-7-18)14-5-4-13(9-17)8-15(14)21-12/h4-5,8,12H,2-3,6-7,9-11,17H2,1H3. The molecule has 1 saturated heterocycles. The number of amides is 1. The first-order valence-electron chi connectivity index (χ1n) is 7.70. The molecule has 1 aromatic carbocycles. The number of rotatable bonds is 3. The quantitative estimate of drug-likeness (QED) is 0.912. The van der Waals surface area contributed by atoms with Crippen molar-refractivity contribution in [3.8, 4) is 5.75 Å². The summed E-state index contributed by atoms with van der Waals surface area (Å²) in [7, 11) is 0. The van der Waals surface area contributed by atoms with Crippen molar-refractivity contribution in [3.63, 3.8) is 0 Å². The molecule has 0 spiro atoms. The number of fused-ring (bicyclic) bond motifs is 1. The van der Waals surface area contributed by atoms with Crippen molar-refractivity contribution in [1.29, 1.82) is 0 Å². The zero-order valence-electron chi connectivity index (χ0n) is 12.5. The molecule has 2 aliphatic rings. The van der Waals surface area contributed by atoms with Gasteiger partial charge in [0.05, 0.1) is 18.8 Å². The molecule has 1 unspecified atom stereocenters. The van der Waals surface area contributed by atoms with Crippen LogP contribution >= 0.6 is 0 Å². The molecule has 1 fully saturated rings. The molecule has 3 rings (SSSR count). The highest BCUT2D eigenvalue weighted by Gasteiger charge is 2.27. The molecule has 114 valence electrons. The fourth-order valence-corrected chi connectivity index (χ4v) is 3.08. The number of likely N-dealkylation sites (tertiary alicyclic amines) is 1. The Balaban J connectivity index is 1.78. The normalized spacial score (nSPS) is 21.1. The number of ether oxygens (including phenoxy) is 1. The van der Waals surface area contributed by atoms with Crippen LogP contribution in [-0.2, 0) is 11.3 Å². The summed E-state index contributed by atoms with van der Waals surface area (Å²) in [6.07, 6.45) is 2.33. The molecular weight excluding hydrogens is 266 g/mol. The minimum absolute atomic E-state index is 0.0805. The number of nitrogens with zero attached hydrogens (tertiary/aromatic N) is 2. The summed E-state index contributed by atoms with van der Waals surface area (Å²) in [6.45, 7) is 5.51. The van der Waals surface area contributed by atoms with E-state index in [2.05, 4.69) is 4.90 Å². The molecule has 0 radical (unpaired) electrons. The predicted molar refractivity (Wildman–Crippen MR) is 82.5 cm³/mol. The molecule has 21 heavy (non-hydrogen) atoms. The van der Waals surface area contributed by atoms with Crippen LogP contribution in [0, 0.1) is 0 Å². The summed E-state index contributed by atoms with van der Waals surface area (Å²) >= 11 is 0. The highest BCUT2D eigenvalue weighted by atomic mass is 16.5. The Kier molecular flexibility index (Phi) is 4.01. The van der Waals surface area contributed by atoms with Gasteiger partial charge in [0.25, 0.3) is 0 Å². The van der Waals surface area contributed by atoms with Crippen LogP contribution in [0.3, 0.4) is 0 Å². The average molecular weight is 289 g/mol. The molecule has 0 bridgehead atoms. The van der Waals surface area contributed by atoms with Gasteiger partial charge in [-0.15, -0.1) is 0 Å². The number of hydrogen-bond donors (Lipinski definition) is 1. The molecule has 1 amide bonds. The zero-order valence-corrected chi connectivity index (χ0v) is 12.5. The molecule has 0 aliphatic carbocycles. The Morgan fingerprint density at radius 2 is 2.14 bits per heavy atom. The lowest BCUT2D eigenvalue weighted by Gasteiger charge is -2.35. The van der Waals surface area contributed by atoms with E-state index in [4.69, 9.17) is 10.5 Å². The number of benzene rings is 1. The molecule has 2 heterocycles. The Bertz CT molecular complexity index is 526. The largest absolute Gasteiger partial charge is 0.487 e. The number of carbonyl (C=O) groups is 1. The third-order valence-corrected chi connectivity index (χ3v) is 4.19. The number of hydrogen-bond acceptors (Lipinski definition) is 4. The number of carbonyl (C=O) groups excluding carboxylic acids is 1. The maximum absolute atomic E-state index is 12.4. The van der Waals surface area contributed by atoms with E-state index >= 15 is 0 Å². The van der Waals surface area contributed by atoms with Crippen molar-refractivity contribution in [1.82, 2.24) is 4.90 Å². The van der Waals surface area contributed by atoms with E-state index in [-0.39, 0.29) is 12.0 Å². The second-order valence-corrected chi connectivity index (χ2v) is 5.90. The van der Waals surface area contributed by atoms with Crippen LogP contribution in [0.2, 0.25) is 0 Å². The maximum Gasteiger partial charge on any atom is 0.242 e. The fraction of sp³-hybridized carbons (Fsp3) is 0.562. The summed E-state index contributed by atoms with van der Waals surface area (Å²) in [5.41, 5.74) is 7.73. The van der Waals surface area contributed by atoms with Gasteiger partial charge in [0.15, 0.2) is 0 Å². The minimum Gasteiger partial charge on any atom is -0.487 e. The Morgan fingerprint density at radius 3 is 2.86 bits per heavy atom. The molecule has 0 aromatic heterocycles. The monoisotopic (exact) mass is 289 g/mol. The minimum atomic E-state index is 0.0805. The van der Waals surface area contributed by atoms with E-state index < -0.39 is 0 Å². The molecule has 5 nitrogen and oxygen atoms in total. The highest BCUT2D eigenvalue weighted by molar-refractivity contribution is 5.82. The fourth-order valence-electron chi connectivity index (χ4n) is 3.08. The van der Waals surface area contributed by atoms with Crippen LogP contribution in [0.1, 0.15) is 25.3 Å². The third-order valence-electron chi connectivity index (χ3n) is 4.19. The van der Waals surface area contributed by atoms with Gasteiger partial charge in [-0.3, -0.25) is 4.79 Å². The lowest BCUT2D eigenvalue weighted by molar-refractivity contribution is -0.128. The van der Waals surface area contributed by atoms with Crippen LogP contribution in [0.25, 0.3) is 0 Å². The molecule has 1 aromatic rings. The second kappa shape index (κ2) is 5.93.